The Morgan fingerprint density at radius 3 is 2.90 bits per heavy atom. The molecule has 3 rings (SSSR count). The van der Waals surface area contributed by atoms with Gasteiger partial charge in [-0.1, -0.05) is 22.9 Å². The fraction of sp³-hybridized carbons (Fsp3) is 0.467. The predicted molar refractivity (Wildman–Crippen MR) is 77.0 cm³/mol. The van der Waals surface area contributed by atoms with E-state index in [-0.39, 0.29) is 6.04 Å². The van der Waals surface area contributed by atoms with E-state index in [1.807, 2.05) is 24.3 Å². The van der Waals surface area contributed by atoms with Gasteiger partial charge in [0.15, 0.2) is 5.82 Å². The number of aromatic nitrogens is 2. The molecule has 0 aliphatic carbocycles. The lowest BCUT2D eigenvalue weighted by Gasteiger charge is -2.29. The Morgan fingerprint density at radius 2 is 2.15 bits per heavy atom. The van der Waals surface area contributed by atoms with E-state index in [2.05, 4.69) is 22.0 Å². The lowest BCUT2D eigenvalue weighted by Crippen LogP contribution is -2.42. The molecule has 1 aromatic heterocycles. The molecule has 0 amide bonds. The fourth-order valence-corrected chi connectivity index (χ4v) is 2.57. The normalized spacial score (nSPS) is 20.2. The number of aryl methyl sites for hydroxylation is 1. The monoisotopic (exact) mass is 272 g/mol. The zero-order chi connectivity index (χ0) is 13.9. The Bertz CT molecular complexity index is 564. The average molecular weight is 272 g/mol. The van der Waals surface area contributed by atoms with Crippen LogP contribution >= 0.6 is 0 Å². The zero-order valence-electron chi connectivity index (χ0n) is 11.7. The molecule has 1 atom stereocenters. The van der Waals surface area contributed by atoms with Gasteiger partial charge < -0.3 is 10.3 Å². The minimum absolute atomic E-state index is 0.271. The second-order valence-electron chi connectivity index (χ2n) is 5.52. The molecule has 1 aliphatic heterocycles. The van der Waals surface area contributed by atoms with E-state index in [1.165, 1.54) is 5.56 Å². The van der Waals surface area contributed by atoms with Crippen molar-refractivity contribution in [2.75, 3.05) is 13.1 Å². The Morgan fingerprint density at radius 1 is 1.35 bits per heavy atom. The summed E-state index contributed by atoms with van der Waals surface area (Å²) in [6.07, 6.45) is 2.25. The molecule has 2 heterocycles. The van der Waals surface area contributed by atoms with E-state index in [0.717, 1.165) is 37.3 Å². The first kappa shape index (κ1) is 13.3. The van der Waals surface area contributed by atoms with Crippen molar-refractivity contribution in [3.8, 4) is 11.5 Å². The molecule has 0 spiro atoms. The summed E-state index contributed by atoms with van der Waals surface area (Å²) >= 11 is 0. The predicted octanol–water partition coefficient (Wildman–Crippen LogP) is 1.97. The van der Waals surface area contributed by atoms with E-state index in [4.69, 9.17) is 10.3 Å². The largest absolute Gasteiger partial charge is 0.334 e. The molecular weight excluding hydrogens is 252 g/mol. The minimum atomic E-state index is 0.271. The van der Waals surface area contributed by atoms with Gasteiger partial charge >= 0.3 is 0 Å². The maximum atomic E-state index is 5.98. The van der Waals surface area contributed by atoms with Crippen LogP contribution in [-0.4, -0.2) is 34.2 Å². The lowest BCUT2D eigenvalue weighted by molar-refractivity contribution is 0.195. The first-order valence-electron chi connectivity index (χ1n) is 7.08. The topological polar surface area (TPSA) is 68.2 Å². The molecule has 2 aromatic rings. The zero-order valence-corrected chi connectivity index (χ0v) is 11.7. The van der Waals surface area contributed by atoms with Crippen LogP contribution in [-0.2, 0) is 6.54 Å². The summed E-state index contributed by atoms with van der Waals surface area (Å²) in [5, 5.41) is 4.07. The molecular formula is C15H20N4O. The highest BCUT2D eigenvalue weighted by Crippen LogP contribution is 2.18. The van der Waals surface area contributed by atoms with Gasteiger partial charge in [0.1, 0.15) is 0 Å². The van der Waals surface area contributed by atoms with Crippen LogP contribution in [0.25, 0.3) is 11.5 Å². The number of nitrogens with zero attached hydrogens (tertiary/aromatic N) is 3. The van der Waals surface area contributed by atoms with Crippen molar-refractivity contribution in [3.05, 3.63) is 35.7 Å². The van der Waals surface area contributed by atoms with Crippen molar-refractivity contribution in [1.82, 2.24) is 15.0 Å². The summed E-state index contributed by atoms with van der Waals surface area (Å²) in [4.78, 5) is 6.76. The van der Waals surface area contributed by atoms with Crippen LogP contribution in [0.15, 0.2) is 28.8 Å². The standard InChI is InChI=1S/C15H20N4O/c1-11-4-6-12(7-5-11)15-17-14(18-20-15)10-19-8-2-3-13(16)9-19/h4-7,13H,2-3,8-10,16H2,1H3. The smallest absolute Gasteiger partial charge is 0.257 e. The van der Waals surface area contributed by atoms with Crippen molar-refractivity contribution in [3.63, 3.8) is 0 Å². The maximum Gasteiger partial charge on any atom is 0.257 e. The van der Waals surface area contributed by atoms with E-state index in [9.17, 15) is 0 Å². The van der Waals surface area contributed by atoms with Crippen LogP contribution in [0.2, 0.25) is 0 Å². The van der Waals surface area contributed by atoms with Crippen molar-refractivity contribution >= 4 is 0 Å². The summed E-state index contributed by atoms with van der Waals surface area (Å²) in [6, 6.07) is 8.37. The highest BCUT2D eigenvalue weighted by atomic mass is 16.5. The first-order chi connectivity index (χ1) is 9.70. The Kier molecular flexibility index (Phi) is 3.80. The summed E-state index contributed by atoms with van der Waals surface area (Å²) in [5.74, 6) is 1.32. The summed E-state index contributed by atoms with van der Waals surface area (Å²) in [7, 11) is 0. The van der Waals surface area contributed by atoms with Gasteiger partial charge in [-0.2, -0.15) is 4.98 Å². The molecule has 1 saturated heterocycles. The molecule has 5 heteroatoms. The quantitative estimate of drug-likeness (QED) is 0.925. The van der Waals surface area contributed by atoms with Crippen LogP contribution in [0, 0.1) is 6.92 Å². The molecule has 0 bridgehead atoms. The second-order valence-corrected chi connectivity index (χ2v) is 5.52. The lowest BCUT2D eigenvalue weighted by atomic mass is 10.1. The number of hydrogen-bond acceptors (Lipinski definition) is 5. The highest BCUT2D eigenvalue weighted by Gasteiger charge is 2.19. The van der Waals surface area contributed by atoms with E-state index < -0.39 is 0 Å². The van der Waals surface area contributed by atoms with Crippen molar-refractivity contribution < 1.29 is 4.52 Å². The highest BCUT2D eigenvalue weighted by molar-refractivity contribution is 5.53. The van der Waals surface area contributed by atoms with Gasteiger partial charge in [0.05, 0.1) is 6.54 Å². The summed E-state index contributed by atoms with van der Waals surface area (Å²) in [5.41, 5.74) is 8.16. The third kappa shape index (κ3) is 3.05. The minimum Gasteiger partial charge on any atom is -0.334 e. The van der Waals surface area contributed by atoms with E-state index >= 15 is 0 Å². The first-order valence-corrected chi connectivity index (χ1v) is 7.08. The Balaban J connectivity index is 1.69. The maximum absolute atomic E-state index is 5.98. The van der Waals surface area contributed by atoms with Gasteiger partial charge in [-0.05, 0) is 38.4 Å². The van der Waals surface area contributed by atoms with Crippen LogP contribution in [0.3, 0.4) is 0 Å². The number of nitrogens with two attached hydrogens (primary N) is 1. The van der Waals surface area contributed by atoms with Crippen LogP contribution in [0.1, 0.15) is 24.2 Å². The van der Waals surface area contributed by atoms with Gasteiger partial charge in [-0.15, -0.1) is 0 Å². The molecule has 2 N–H and O–H groups in total. The fourth-order valence-electron chi connectivity index (χ4n) is 2.57. The van der Waals surface area contributed by atoms with Crippen molar-refractivity contribution in [2.45, 2.75) is 32.4 Å². The number of rotatable bonds is 3. The average Bonchev–Trinajstić information content (AvgIpc) is 2.88. The van der Waals surface area contributed by atoms with Gasteiger partial charge in [0.25, 0.3) is 5.89 Å². The summed E-state index contributed by atoms with van der Waals surface area (Å²) < 4.78 is 5.34. The molecule has 0 radical (unpaired) electrons. The molecule has 1 aromatic carbocycles. The number of likely N-dealkylation sites (tertiary alicyclic amines) is 1. The van der Waals surface area contributed by atoms with E-state index in [1.54, 1.807) is 0 Å². The molecule has 1 fully saturated rings. The van der Waals surface area contributed by atoms with Gasteiger partial charge in [0.2, 0.25) is 0 Å². The number of piperidine rings is 1. The molecule has 106 valence electrons. The third-order valence-electron chi connectivity index (χ3n) is 3.67. The van der Waals surface area contributed by atoms with Crippen LogP contribution < -0.4 is 5.73 Å². The molecule has 20 heavy (non-hydrogen) atoms. The van der Waals surface area contributed by atoms with Crippen molar-refractivity contribution in [2.24, 2.45) is 5.73 Å². The number of hydrogen-bond donors (Lipinski definition) is 1. The molecule has 1 aliphatic rings. The van der Waals surface area contributed by atoms with Gasteiger partial charge in [0, 0.05) is 18.2 Å². The van der Waals surface area contributed by atoms with Crippen LogP contribution in [0.4, 0.5) is 0 Å². The summed E-state index contributed by atoms with van der Waals surface area (Å²) in [6.45, 7) is 4.74. The van der Waals surface area contributed by atoms with Crippen molar-refractivity contribution in [1.29, 1.82) is 0 Å². The Labute approximate surface area is 118 Å². The number of benzene rings is 1. The second kappa shape index (κ2) is 5.73. The van der Waals surface area contributed by atoms with E-state index in [0.29, 0.717) is 12.4 Å². The van der Waals surface area contributed by atoms with Crippen LogP contribution in [0.5, 0.6) is 0 Å². The molecule has 1 unspecified atom stereocenters. The Hall–Kier alpha value is -1.72. The third-order valence-corrected chi connectivity index (χ3v) is 3.67. The van der Waals surface area contributed by atoms with Gasteiger partial charge in [-0.25, -0.2) is 0 Å². The van der Waals surface area contributed by atoms with Gasteiger partial charge in [-0.3, -0.25) is 4.90 Å². The SMILES string of the molecule is Cc1ccc(-c2nc(CN3CCCC(N)C3)no2)cc1. The molecule has 0 saturated carbocycles. The molecule has 5 nitrogen and oxygen atoms in total.